The zero-order valence-electron chi connectivity index (χ0n) is 11.7. The molecule has 3 nitrogen and oxygen atoms in total. The van der Waals surface area contributed by atoms with E-state index in [1.807, 2.05) is 0 Å². The van der Waals surface area contributed by atoms with Crippen LogP contribution in [-0.2, 0) is 9.47 Å². The maximum atomic E-state index is 5.97. The molecule has 0 aromatic heterocycles. The molecule has 104 valence electrons. The molecule has 0 aromatic carbocycles. The van der Waals surface area contributed by atoms with Crippen LogP contribution >= 0.6 is 0 Å². The zero-order chi connectivity index (χ0) is 12.4. The van der Waals surface area contributed by atoms with Gasteiger partial charge in [0, 0.05) is 25.0 Å². The largest absolute Gasteiger partial charge is 0.379 e. The number of hydrogen-bond acceptors (Lipinski definition) is 3. The van der Waals surface area contributed by atoms with Gasteiger partial charge < -0.3 is 9.47 Å². The molecule has 3 rings (SSSR count). The fourth-order valence-corrected chi connectivity index (χ4v) is 3.97. The van der Waals surface area contributed by atoms with Crippen LogP contribution in [0.25, 0.3) is 0 Å². The highest BCUT2D eigenvalue weighted by Crippen LogP contribution is 2.40. The van der Waals surface area contributed by atoms with Gasteiger partial charge in [-0.05, 0) is 32.6 Å². The monoisotopic (exact) mass is 253 g/mol. The van der Waals surface area contributed by atoms with Crippen molar-refractivity contribution in [1.29, 1.82) is 0 Å². The fourth-order valence-electron chi connectivity index (χ4n) is 3.97. The number of ether oxygens (including phenoxy) is 2. The van der Waals surface area contributed by atoms with Gasteiger partial charge in [0.2, 0.25) is 0 Å². The molecule has 0 radical (unpaired) electrons. The quantitative estimate of drug-likeness (QED) is 0.754. The first kappa shape index (κ1) is 12.9. The molecule has 0 aromatic rings. The molecule has 1 spiro atoms. The van der Waals surface area contributed by atoms with Crippen molar-refractivity contribution < 1.29 is 9.47 Å². The van der Waals surface area contributed by atoms with E-state index in [2.05, 4.69) is 11.8 Å². The normalized spacial score (nSPS) is 37.2. The summed E-state index contributed by atoms with van der Waals surface area (Å²) in [5, 5.41) is 0. The molecule has 0 N–H and O–H groups in total. The van der Waals surface area contributed by atoms with Gasteiger partial charge in [0.15, 0.2) is 0 Å². The second-order valence-corrected chi connectivity index (χ2v) is 6.64. The van der Waals surface area contributed by atoms with Crippen molar-refractivity contribution in [2.45, 2.75) is 57.7 Å². The topological polar surface area (TPSA) is 21.7 Å². The number of rotatable bonds is 2. The second-order valence-electron chi connectivity index (χ2n) is 6.64. The smallest absolute Gasteiger partial charge is 0.0706 e. The molecule has 0 unspecified atom stereocenters. The zero-order valence-corrected chi connectivity index (χ0v) is 11.7. The van der Waals surface area contributed by atoms with E-state index in [-0.39, 0.29) is 0 Å². The summed E-state index contributed by atoms with van der Waals surface area (Å²) in [6, 6.07) is 0. The first-order valence-electron chi connectivity index (χ1n) is 7.71. The molecule has 2 heterocycles. The Hall–Kier alpha value is -0.120. The standard InChI is InChI=1S/C15H27NO2/c1-13-4-5-14(18-13)10-16-8-9-17-12-15(11-16)6-2-3-7-15/h13-14H,2-12H2,1H3/t13-,14-/m0/s1. The van der Waals surface area contributed by atoms with E-state index in [9.17, 15) is 0 Å². The summed E-state index contributed by atoms with van der Waals surface area (Å²) in [6.45, 7) is 7.55. The van der Waals surface area contributed by atoms with Crippen molar-refractivity contribution in [3.63, 3.8) is 0 Å². The third-order valence-corrected chi connectivity index (χ3v) is 4.97. The average molecular weight is 253 g/mol. The minimum Gasteiger partial charge on any atom is -0.379 e. The van der Waals surface area contributed by atoms with Crippen LogP contribution in [0.2, 0.25) is 0 Å². The molecule has 2 atom stereocenters. The van der Waals surface area contributed by atoms with Crippen LogP contribution in [0.15, 0.2) is 0 Å². The molecule has 2 aliphatic heterocycles. The Balaban J connectivity index is 1.57. The molecule has 2 saturated heterocycles. The van der Waals surface area contributed by atoms with Crippen LogP contribution in [0.4, 0.5) is 0 Å². The van der Waals surface area contributed by atoms with Gasteiger partial charge in [-0.3, -0.25) is 4.90 Å². The van der Waals surface area contributed by atoms with Gasteiger partial charge in [-0.15, -0.1) is 0 Å². The molecule has 3 fully saturated rings. The van der Waals surface area contributed by atoms with Gasteiger partial charge in [-0.2, -0.15) is 0 Å². The van der Waals surface area contributed by atoms with E-state index in [0.717, 1.165) is 26.3 Å². The maximum absolute atomic E-state index is 5.97. The molecule has 0 bridgehead atoms. The lowest BCUT2D eigenvalue weighted by Gasteiger charge is -2.32. The Bertz CT molecular complexity index is 276. The van der Waals surface area contributed by atoms with Crippen LogP contribution in [0, 0.1) is 5.41 Å². The van der Waals surface area contributed by atoms with Gasteiger partial charge in [0.1, 0.15) is 0 Å². The highest BCUT2D eigenvalue weighted by Gasteiger charge is 2.38. The Morgan fingerprint density at radius 3 is 2.78 bits per heavy atom. The number of nitrogens with zero attached hydrogens (tertiary/aromatic N) is 1. The summed E-state index contributed by atoms with van der Waals surface area (Å²) in [7, 11) is 0. The lowest BCUT2D eigenvalue weighted by Crippen LogP contribution is -2.40. The van der Waals surface area contributed by atoms with Crippen molar-refractivity contribution in [3.05, 3.63) is 0 Å². The SMILES string of the molecule is C[C@H]1CC[C@@H](CN2CCOCC3(CCCC3)C2)O1. The second kappa shape index (κ2) is 5.48. The van der Waals surface area contributed by atoms with E-state index in [1.54, 1.807) is 0 Å². The van der Waals surface area contributed by atoms with Gasteiger partial charge in [-0.25, -0.2) is 0 Å². The van der Waals surface area contributed by atoms with E-state index in [1.165, 1.54) is 45.1 Å². The average Bonchev–Trinajstić information content (AvgIpc) is 2.89. The highest BCUT2D eigenvalue weighted by molar-refractivity contribution is 4.90. The Labute approximate surface area is 111 Å². The Morgan fingerprint density at radius 2 is 2.06 bits per heavy atom. The van der Waals surface area contributed by atoms with E-state index >= 15 is 0 Å². The van der Waals surface area contributed by atoms with Gasteiger partial charge >= 0.3 is 0 Å². The molecule has 0 amide bonds. The van der Waals surface area contributed by atoms with Crippen molar-refractivity contribution >= 4 is 0 Å². The van der Waals surface area contributed by atoms with E-state index < -0.39 is 0 Å². The van der Waals surface area contributed by atoms with Crippen LogP contribution in [0.1, 0.15) is 45.4 Å². The summed E-state index contributed by atoms with van der Waals surface area (Å²) in [5.41, 5.74) is 0.473. The fraction of sp³-hybridized carbons (Fsp3) is 1.00. The van der Waals surface area contributed by atoms with Crippen molar-refractivity contribution in [2.75, 3.05) is 32.8 Å². The summed E-state index contributed by atoms with van der Waals surface area (Å²) >= 11 is 0. The van der Waals surface area contributed by atoms with E-state index in [4.69, 9.17) is 9.47 Å². The first-order valence-corrected chi connectivity index (χ1v) is 7.71. The molecular weight excluding hydrogens is 226 g/mol. The highest BCUT2D eigenvalue weighted by atomic mass is 16.5. The summed E-state index contributed by atoms with van der Waals surface area (Å²) in [4.78, 5) is 2.61. The summed E-state index contributed by atoms with van der Waals surface area (Å²) in [6.07, 6.45) is 8.94. The third kappa shape index (κ3) is 2.89. The molecular formula is C15H27NO2. The van der Waals surface area contributed by atoms with E-state index in [0.29, 0.717) is 17.6 Å². The van der Waals surface area contributed by atoms with Crippen LogP contribution in [-0.4, -0.2) is 50.0 Å². The van der Waals surface area contributed by atoms with Gasteiger partial charge in [0.25, 0.3) is 0 Å². The first-order chi connectivity index (χ1) is 8.76. The van der Waals surface area contributed by atoms with Gasteiger partial charge in [0.05, 0.1) is 25.4 Å². The molecule has 3 aliphatic rings. The predicted octanol–water partition coefficient (Wildman–Crippen LogP) is 2.45. The van der Waals surface area contributed by atoms with Crippen LogP contribution in [0.5, 0.6) is 0 Å². The molecule has 1 aliphatic carbocycles. The lowest BCUT2D eigenvalue weighted by atomic mass is 9.86. The third-order valence-electron chi connectivity index (χ3n) is 4.97. The minimum atomic E-state index is 0.469. The van der Waals surface area contributed by atoms with Crippen LogP contribution in [0.3, 0.4) is 0 Å². The van der Waals surface area contributed by atoms with Crippen molar-refractivity contribution in [1.82, 2.24) is 4.90 Å². The predicted molar refractivity (Wildman–Crippen MR) is 71.7 cm³/mol. The summed E-state index contributed by atoms with van der Waals surface area (Å²) < 4.78 is 11.8. The Kier molecular flexibility index (Phi) is 3.92. The van der Waals surface area contributed by atoms with Crippen molar-refractivity contribution in [2.24, 2.45) is 5.41 Å². The summed E-state index contributed by atoms with van der Waals surface area (Å²) in [5.74, 6) is 0. The maximum Gasteiger partial charge on any atom is 0.0706 e. The van der Waals surface area contributed by atoms with Gasteiger partial charge in [-0.1, -0.05) is 12.8 Å². The van der Waals surface area contributed by atoms with Crippen LogP contribution < -0.4 is 0 Å². The number of hydrogen-bond donors (Lipinski definition) is 0. The molecule has 3 heteroatoms. The van der Waals surface area contributed by atoms with Crippen molar-refractivity contribution in [3.8, 4) is 0 Å². The molecule has 18 heavy (non-hydrogen) atoms. The molecule has 1 saturated carbocycles. The lowest BCUT2D eigenvalue weighted by molar-refractivity contribution is 0.0249. The Morgan fingerprint density at radius 1 is 1.22 bits per heavy atom. The minimum absolute atomic E-state index is 0.469.